The largest absolute Gasteiger partial charge is 0.337 e. The van der Waals surface area contributed by atoms with Crippen LogP contribution in [0.25, 0.3) is 0 Å². The highest BCUT2D eigenvalue weighted by molar-refractivity contribution is 7.88. The summed E-state index contributed by atoms with van der Waals surface area (Å²) in [6.07, 6.45) is 7.02. The van der Waals surface area contributed by atoms with Crippen LogP contribution >= 0.6 is 0 Å². The fourth-order valence-corrected chi connectivity index (χ4v) is 3.39. The SMILES string of the molecule is Cn1ccnc1CNCC1CCCN(S(C)(=O)=O)C1. The predicted molar refractivity (Wildman–Crippen MR) is 74.1 cm³/mol. The summed E-state index contributed by atoms with van der Waals surface area (Å²) in [6, 6.07) is 0. The average molecular weight is 286 g/mol. The highest BCUT2D eigenvalue weighted by Crippen LogP contribution is 2.17. The molecular formula is C12H22N4O2S. The van der Waals surface area contributed by atoms with Gasteiger partial charge in [-0.25, -0.2) is 17.7 Å². The molecule has 1 unspecified atom stereocenters. The molecule has 0 amide bonds. The molecule has 7 heteroatoms. The van der Waals surface area contributed by atoms with Crippen LogP contribution in [0.3, 0.4) is 0 Å². The monoisotopic (exact) mass is 286 g/mol. The average Bonchev–Trinajstić information content (AvgIpc) is 2.75. The van der Waals surface area contributed by atoms with Gasteiger partial charge in [0.1, 0.15) is 5.82 Å². The van der Waals surface area contributed by atoms with E-state index in [1.54, 1.807) is 10.5 Å². The zero-order valence-electron chi connectivity index (χ0n) is 11.5. The number of piperidine rings is 1. The minimum atomic E-state index is -3.04. The minimum absolute atomic E-state index is 0.392. The third-order valence-corrected chi connectivity index (χ3v) is 4.86. The first kappa shape index (κ1) is 14.5. The normalized spacial score (nSPS) is 21.7. The number of hydrogen-bond acceptors (Lipinski definition) is 4. The van der Waals surface area contributed by atoms with Crippen LogP contribution in [0.5, 0.6) is 0 Å². The topological polar surface area (TPSA) is 67.2 Å². The first-order chi connectivity index (χ1) is 8.97. The van der Waals surface area contributed by atoms with Crippen molar-refractivity contribution in [2.45, 2.75) is 19.4 Å². The van der Waals surface area contributed by atoms with Crippen molar-refractivity contribution in [1.82, 2.24) is 19.2 Å². The molecule has 0 aromatic carbocycles. The number of aryl methyl sites for hydroxylation is 1. The second-order valence-electron chi connectivity index (χ2n) is 5.21. The molecule has 0 radical (unpaired) electrons. The Kier molecular flexibility index (Phi) is 4.59. The summed E-state index contributed by atoms with van der Waals surface area (Å²) in [6.45, 7) is 2.85. The first-order valence-electron chi connectivity index (χ1n) is 6.59. The standard InChI is InChI=1S/C12H22N4O2S/c1-15-7-5-14-12(15)9-13-8-11-4-3-6-16(10-11)19(2,17)18/h5,7,11,13H,3-4,6,8-10H2,1-2H3. The molecule has 6 nitrogen and oxygen atoms in total. The second kappa shape index (κ2) is 6.02. The third-order valence-electron chi connectivity index (χ3n) is 3.59. The lowest BCUT2D eigenvalue weighted by Crippen LogP contribution is -2.42. The first-order valence-corrected chi connectivity index (χ1v) is 8.43. The molecule has 1 atom stereocenters. The number of nitrogens with one attached hydrogen (secondary N) is 1. The summed E-state index contributed by atoms with van der Waals surface area (Å²) in [5.41, 5.74) is 0. The Balaban J connectivity index is 1.79. The minimum Gasteiger partial charge on any atom is -0.337 e. The molecule has 1 aromatic heterocycles. The van der Waals surface area contributed by atoms with E-state index >= 15 is 0 Å². The molecule has 1 saturated heterocycles. The van der Waals surface area contributed by atoms with Crippen LogP contribution < -0.4 is 5.32 Å². The molecule has 2 heterocycles. The summed E-state index contributed by atoms with van der Waals surface area (Å²) >= 11 is 0. The molecule has 1 aliphatic rings. The number of aromatic nitrogens is 2. The van der Waals surface area contributed by atoms with Crippen LogP contribution in [-0.2, 0) is 23.6 Å². The van der Waals surface area contributed by atoms with Crippen molar-refractivity contribution in [3.05, 3.63) is 18.2 Å². The van der Waals surface area contributed by atoms with Gasteiger partial charge in [0.25, 0.3) is 0 Å². The highest BCUT2D eigenvalue weighted by atomic mass is 32.2. The van der Waals surface area contributed by atoms with Gasteiger partial charge in [0.2, 0.25) is 10.0 Å². The molecule has 1 aliphatic heterocycles. The molecule has 1 fully saturated rings. The highest BCUT2D eigenvalue weighted by Gasteiger charge is 2.25. The Bertz CT molecular complexity index is 512. The van der Waals surface area contributed by atoms with Gasteiger partial charge in [-0.2, -0.15) is 0 Å². The van der Waals surface area contributed by atoms with Crippen molar-refractivity contribution < 1.29 is 8.42 Å². The molecule has 0 bridgehead atoms. The second-order valence-corrected chi connectivity index (χ2v) is 7.20. The van der Waals surface area contributed by atoms with E-state index in [1.165, 1.54) is 6.26 Å². The van der Waals surface area contributed by atoms with E-state index < -0.39 is 10.0 Å². The van der Waals surface area contributed by atoms with Crippen molar-refractivity contribution in [3.8, 4) is 0 Å². The number of sulfonamides is 1. The van der Waals surface area contributed by atoms with E-state index in [9.17, 15) is 8.42 Å². The summed E-state index contributed by atoms with van der Waals surface area (Å²) < 4.78 is 26.6. The summed E-state index contributed by atoms with van der Waals surface area (Å²) in [4.78, 5) is 4.25. The lowest BCUT2D eigenvalue weighted by molar-refractivity contribution is 0.260. The summed E-state index contributed by atoms with van der Waals surface area (Å²) in [7, 11) is -1.08. The Morgan fingerprint density at radius 1 is 1.53 bits per heavy atom. The fraction of sp³-hybridized carbons (Fsp3) is 0.750. The van der Waals surface area contributed by atoms with Crippen LogP contribution in [-0.4, -0.2) is 48.2 Å². The smallest absolute Gasteiger partial charge is 0.211 e. The lowest BCUT2D eigenvalue weighted by Gasteiger charge is -2.31. The molecule has 19 heavy (non-hydrogen) atoms. The quantitative estimate of drug-likeness (QED) is 0.838. The van der Waals surface area contributed by atoms with Crippen LogP contribution in [0.2, 0.25) is 0 Å². The van der Waals surface area contributed by atoms with E-state index in [0.717, 1.165) is 31.8 Å². The Morgan fingerprint density at radius 2 is 2.32 bits per heavy atom. The van der Waals surface area contributed by atoms with Crippen LogP contribution in [0.15, 0.2) is 12.4 Å². The van der Waals surface area contributed by atoms with E-state index in [4.69, 9.17) is 0 Å². The van der Waals surface area contributed by atoms with Gasteiger partial charge < -0.3 is 9.88 Å². The number of imidazole rings is 1. The van der Waals surface area contributed by atoms with Crippen molar-refractivity contribution in [2.24, 2.45) is 13.0 Å². The van der Waals surface area contributed by atoms with Gasteiger partial charge in [0.15, 0.2) is 0 Å². The van der Waals surface area contributed by atoms with Crippen molar-refractivity contribution in [2.75, 3.05) is 25.9 Å². The number of rotatable bonds is 5. The number of hydrogen-bond donors (Lipinski definition) is 1. The van der Waals surface area contributed by atoms with Crippen molar-refractivity contribution >= 4 is 10.0 Å². The molecule has 108 valence electrons. The van der Waals surface area contributed by atoms with E-state index in [0.29, 0.717) is 19.0 Å². The Morgan fingerprint density at radius 3 is 2.95 bits per heavy atom. The van der Waals surface area contributed by atoms with Gasteiger partial charge >= 0.3 is 0 Å². The van der Waals surface area contributed by atoms with Gasteiger partial charge in [-0.3, -0.25) is 0 Å². The Labute approximate surface area is 114 Å². The van der Waals surface area contributed by atoms with Crippen molar-refractivity contribution in [3.63, 3.8) is 0 Å². The van der Waals surface area contributed by atoms with Crippen LogP contribution in [0.1, 0.15) is 18.7 Å². The zero-order valence-corrected chi connectivity index (χ0v) is 12.4. The van der Waals surface area contributed by atoms with Crippen molar-refractivity contribution in [1.29, 1.82) is 0 Å². The third kappa shape index (κ3) is 4.02. The Hall–Kier alpha value is -0.920. The maximum atomic E-state index is 11.5. The van der Waals surface area contributed by atoms with Gasteiger partial charge in [-0.15, -0.1) is 0 Å². The predicted octanol–water partition coefficient (Wildman–Crippen LogP) is 0.181. The maximum absolute atomic E-state index is 11.5. The lowest BCUT2D eigenvalue weighted by atomic mass is 10.00. The van der Waals surface area contributed by atoms with Gasteiger partial charge in [-0.1, -0.05) is 0 Å². The zero-order chi connectivity index (χ0) is 13.9. The summed E-state index contributed by atoms with van der Waals surface area (Å²) in [5.74, 6) is 1.39. The molecular weight excluding hydrogens is 264 g/mol. The summed E-state index contributed by atoms with van der Waals surface area (Å²) in [5, 5.41) is 3.37. The van der Waals surface area contributed by atoms with Crippen LogP contribution in [0.4, 0.5) is 0 Å². The maximum Gasteiger partial charge on any atom is 0.211 e. The van der Waals surface area contributed by atoms with Gasteiger partial charge in [-0.05, 0) is 25.3 Å². The molecule has 0 aliphatic carbocycles. The van der Waals surface area contributed by atoms with Gasteiger partial charge in [0.05, 0.1) is 12.8 Å². The van der Waals surface area contributed by atoms with Gasteiger partial charge in [0, 0.05) is 32.5 Å². The van der Waals surface area contributed by atoms with Crippen LogP contribution in [0, 0.1) is 5.92 Å². The molecule has 0 saturated carbocycles. The molecule has 0 spiro atoms. The van der Waals surface area contributed by atoms with E-state index in [2.05, 4.69) is 10.3 Å². The molecule has 1 N–H and O–H groups in total. The van der Waals surface area contributed by atoms with E-state index in [-0.39, 0.29) is 0 Å². The fourth-order valence-electron chi connectivity index (χ4n) is 2.45. The number of nitrogens with zero attached hydrogens (tertiary/aromatic N) is 3. The van der Waals surface area contributed by atoms with E-state index in [1.807, 2.05) is 17.8 Å². The molecule has 2 rings (SSSR count). The molecule has 1 aromatic rings.